The lowest BCUT2D eigenvalue weighted by molar-refractivity contribution is -0.769. The molecule has 0 spiro atoms. The van der Waals surface area contributed by atoms with Gasteiger partial charge in [-0.25, -0.2) is 0 Å². The Kier molecular flexibility index (Phi) is 5.49. The number of ether oxygens (including phenoxy) is 3. The smallest absolute Gasteiger partial charge is 0.324 e. The van der Waals surface area contributed by atoms with Crippen LogP contribution < -0.4 is 5.32 Å². The Labute approximate surface area is 130 Å². The molecular weight excluding hydrogens is 328 g/mol. The number of hydrogen-bond donors (Lipinski definition) is 1. The van der Waals surface area contributed by atoms with E-state index in [9.17, 15) is 14.9 Å². The van der Waals surface area contributed by atoms with E-state index in [1.165, 1.54) is 0 Å². The van der Waals surface area contributed by atoms with Gasteiger partial charge in [0.2, 0.25) is 0 Å². The number of carbonyl (C=O) groups excluding carboxylic acids is 1. The molecule has 0 radical (unpaired) electrons. The van der Waals surface area contributed by atoms with Crippen molar-refractivity contribution in [3.05, 3.63) is 10.1 Å². The van der Waals surface area contributed by atoms with Gasteiger partial charge in [-0.2, -0.15) is 0 Å². The lowest BCUT2D eigenvalue weighted by atomic mass is 10.1. The van der Waals surface area contributed by atoms with E-state index in [0.29, 0.717) is 5.75 Å². The van der Waals surface area contributed by atoms with Gasteiger partial charge in [-0.05, 0) is 0 Å². The van der Waals surface area contributed by atoms with Gasteiger partial charge in [-0.15, -0.1) is 34.3 Å². The summed E-state index contributed by atoms with van der Waals surface area (Å²) >= 11 is 1.63. The number of thioether (sulfide) groups is 1. The third-order valence-electron chi connectivity index (χ3n) is 3.45. The molecule has 0 amide bonds. The maximum absolute atomic E-state index is 11.9. The molecule has 11 heteroatoms. The van der Waals surface area contributed by atoms with Crippen molar-refractivity contribution in [3.63, 3.8) is 0 Å². The van der Waals surface area contributed by atoms with E-state index < -0.39 is 29.5 Å². The molecule has 0 aliphatic carbocycles. The van der Waals surface area contributed by atoms with Crippen molar-refractivity contribution in [1.82, 2.24) is 5.32 Å². The van der Waals surface area contributed by atoms with Crippen molar-refractivity contribution >= 4 is 30.1 Å². The molecule has 21 heavy (non-hydrogen) atoms. The molecule has 1 N–H and O–H groups in total. The number of carbonyl (C=O) groups is 1. The molecule has 3 fully saturated rings. The molecule has 0 aromatic carbocycles. The first-order valence-electron chi connectivity index (χ1n) is 6.21. The summed E-state index contributed by atoms with van der Waals surface area (Å²) in [4.78, 5) is 26.7. The Balaban J connectivity index is 0.00000161. The van der Waals surface area contributed by atoms with Crippen LogP contribution in [0.4, 0.5) is 0 Å². The fraction of sp³-hybridized carbons (Fsp3) is 0.900. The number of rotatable bonds is 4. The Morgan fingerprint density at radius 1 is 1.29 bits per heavy atom. The third-order valence-corrected chi connectivity index (χ3v) is 4.39. The minimum atomic E-state index is -0.862. The van der Waals surface area contributed by atoms with Gasteiger partial charge in [0, 0.05) is 11.6 Å². The van der Waals surface area contributed by atoms with Crippen LogP contribution >= 0.6 is 24.2 Å². The molecule has 120 valence electrons. The minimum absolute atomic E-state index is 0. The average Bonchev–Trinajstić information content (AvgIpc) is 3.09. The number of nitrogens with zero attached hydrogens (tertiary/aromatic N) is 1. The Morgan fingerprint density at radius 3 is 2.57 bits per heavy atom. The molecule has 3 aliphatic heterocycles. The van der Waals surface area contributed by atoms with Crippen LogP contribution in [0.5, 0.6) is 0 Å². The highest BCUT2D eigenvalue weighted by Gasteiger charge is 2.51. The Bertz CT molecular complexity index is 409. The van der Waals surface area contributed by atoms with E-state index in [4.69, 9.17) is 14.2 Å². The monoisotopic (exact) mass is 342 g/mol. The zero-order valence-electron chi connectivity index (χ0n) is 10.8. The zero-order chi connectivity index (χ0) is 14.1. The maximum Gasteiger partial charge on any atom is 0.324 e. The summed E-state index contributed by atoms with van der Waals surface area (Å²) in [6.45, 7) is 0.223. The lowest BCUT2D eigenvalue weighted by Crippen LogP contribution is -2.41. The van der Waals surface area contributed by atoms with E-state index in [1.54, 1.807) is 11.8 Å². The molecule has 1 unspecified atom stereocenters. The molecule has 5 atom stereocenters. The molecular formula is C10H15ClN2O7S. The molecule has 3 aliphatic rings. The van der Waals surface area contributed by atoms with Gasteiger partial charge < -0.3 is 19.0 Å². The fourth-order valence-electron chi connectivity index (χ4n) is 2.51. The second-order valence-electron chi connectivity index (χ2n) is 4.71. The highest BCUT2D eigenvalue weighted by atomic mass is 35.5. The molecule has 3 heterocycles. The number of hydrogen-bond acceptors (Lipinski definition) is 9. The highest BCUT2D eigenvalue weighted by Crippen LogP contribution is 2.31. The maximum atomic E-state index is 11.9. The number of halogens is 1. The van der Waals surface area contributed by atoms with Gasteiger partial charge in [0.1, 0.15) is 18.2 Å². The van der Waals surface area contributed by atoms with Gasteiger partial charge in [0.15, 0.2) is 12.2 Å². The second kappa shape index (κ2) is 6.97. The van der Waals surface area contributed by atoms with Crippen molar-refractivity contribution in [3.8, 4) is 0 Å². The fourth-order valence-corrected chi connectivity index (χ4v) is 3.44. The van der Waals surface area contributed by atoms with Crippen molar-refractivity contribution in [2.24, 2.45) is 0 Å². The zero-order valence-corrected chi connectivity index (χ0v) is 12.5. The summed E-state index contributed by atoms with van der Waals surface area (Å²) in [5, 5.41) is 12.5. The summed E-state index contributed by atoms with van der Waals surface area (Å²) in [6.07, 6.45) is -2.37. The largest absolute Gasteiger partial charge is 0.456 e. The normalized spacial score (nSPS) is 37.6. The first kappa shape index (κ1) is 16.6. The first-order chi connectivity index (χ1) is 9.65. The Hall–Kier alpha value is -0.810. The summed E-state index contributed by atoms with van der Waals surface area (Å²) in [5.74, 6) is 1.06. The van der Waals surface area contributed by atoms with Crippen LogP contribution in [-0.4, -0.2) is 66.4 Å². The second-order valence-corrected chi connectivity index (χ2v) is 5.74. The summed E-state index contributed by atoms with van der Waals surface area (Å²) < 4.78 is 16.2. The van der Waals surface area contributed by atoms with E-state index in [1.807, 2.05) is 0 Å². The predicted octanol–water partition coefficient (Wildman–Crippen LogP) is -0.643. The molecule has 9 nitrogen and oxygen atoms in total. The van der Waals surface area contributed by atoms with Crippen molar-refractivity contribution < 1.29 is 28.9 Å². The predicted molar refractivity (Wildman–Crippen MR) is 72.7 cm³/mol. The SMILES string of the molecule is Cl.O=C(O[C@@H]1CO[C@H]2[C@@H]1OC[C@@H]2O[N+](=O)[O-])C1CSCN1. The quantitative estimate of drug-likeness (QED) is 0.405. The van der Waals surface area contributed by atoms with Gasteiger partial charge in [-0.3, -0.25) is 10.1 Å². The molecule has 0 aromatic heterocycles. The van der Waals surface area contributed by atoms with Crippen LogP contribution in [0.2, 0.25) is 0 Å². The van der Waals surface area contributed by atoms with E-state index in [2.05, 4.69) is 10.2 Å². The minimum Gasteiger partial charge on any atom is -0.456 e. The highest BCUT2D eigenvalue weighted by molar-refractivity contribution is 7.99. The van der Waals surface area contributed by atoms with E-state index in [-0.39, 0.29) is 37.6 Å². The van der Waals surface area contributed by atoms with Crippen LogP contribution in [0.15, 0.2) is 0 Å². The number of nitrogens with one attached hydrogen (secondary N) is 1. The topological polar surface area (TPSA) is 109 Å². The lowest BCUT2D eigenvalue weighted by Gasteiger charge is -2.18. The molecule has 0 aromatic rings. The summed E-state index contributed by atoms with van der Waals surface area (Å²) in [6, 6.07) is -0.314. The van der Waals surface area contributed by atoms with Crippen LogP contribution in [0.1, 0.15) is 0 Å². The Morgan fingerprint density at radius 2 is 1.95 bits per heavy atom. The van der Waals surface area contributed by atoms with Gasteiger partial charge in [0.05, 0.1) is 13.2 Å². The molecule has 3 rings (SSSR count). The standard InChI is InChI=1S/C10H14N2O7S.ClH/c13-10(5-3-20-4-11-5)18-6-1-16-9-7(19-12(14)15)2-17-8(6)9;/h5-9,11H,1-4H2;1H/t5?,6-,7+,8-,9-;/m1./s1. The third kappa shape index (κ3) is 3.51. The van der Waals surface area contributed by atoms with Crippen molar-refractivity contribution in [2.75, 3.05) is 24.8 Å². The van der Waals surface area contributed by atoms with Gasteiger partial charge >= 0.3 is 5.97 Å². The molecule has 0 saturated carbocycles. The average molecular weight is 343 g/mol. The molecule has 3 saturated heterocycles. The van der Waals surface area contributed by atoms with Crippen LogP contribution in [-0.2, 0) is 23.8 Å². The van der Waals surface area contributed by atoms with Gasteiger partial charge in [-0.1, -0.05) is 0 Å². The van der Waals surface area contributed by atoms with E-state index in [0.717, 1.165) is 5.88 Å². The first-order valence-corrected chi connectivity index (χ1v) is 7.36. The van der Waals surface area contributed by atoms with Gasteiger partial charge in [0.25, 0.3) is 5.09 Å². The molecule has 0 bridgehead atoms. The van der Waals surface area contributed by atoms with Crippen LogP contribution in [0.3, 0.4) is 0 Å². The number of esters is 1. The van der Waals surface area contributed by atoms with E-state index >= 15 is 0 Å². The van der Waals surface area contributed by atoms with Crippen LogP contribution in [0, 0.1) is 10.1 Å². The summed E-state index contributed by atoms with van der Waals surface area (Å²) in [5.41, 5.74) is 0. The summed E-state index contributed by atoms with van der Waals surface area (Å²) in [7, 11) is 0. The van der Waals surface area contributed by atoms with Crippen molar-refractivity contribution in [1.29, 1.82) is 0 Å². The van der Waals surface area contributed by atoms with Crippen molar-refractivity contribution in [2.45, 2.75) is 30.5 Å². The van der Waals surface area contributed by atoms with Crippen LogP contribution in [0.25, 0.3) is 0 Å². The number of fused-ring (bicyclic) bond motifs is 1.